The topological polar surface area (TPSA) is 74.7 Å². The Bertz CT molecular complexity index is 501. The monoisotopic (exact) mass is 250 g/mol. The van der Waals surface area contributed by atoms with Gasteiger partial charge in [-0.05, 0) is 34.5 Å². The van der Waals surface area contributed by atoms with Crippen LogP contribution in [0.3, 0.4) is 0 Å². The summed E-state index contributed by atoms with van der Waals surface area (Å²) in [5.41, 5.74) is 1.15. The van der Waals surface area contributed by atoms with Crippen LogP contribution in [0.1, 0.15) is 37.9 Å². The number of hydrogen-bond acceptors (Lipinski definition) is 4. The molecule has 18 heavy (non-hydrogen) atoms. The Labute approximate surface area is 104 Å². The van der Waals surface area contributed by atoms with E-state index in [4.69, 9.17) is 0 Å². The molecule has 2 rings (SSSR count). The van der Waals surface area contributed by atoms with Gasteiger partial charge in [-0.2, -0.15) is 0 Å². The number of aromatic nitrogens is 4. The molecule has 0 aliphatic rings. The van der Waals surface area contributed by atoms with Gasteiger partial charge in [0.05, 0.1) is 6.10 Å². The van der Waals surface area contributed by atoms with Gasteiger partial charge in [-0.15, -0.1) is 5.10 Å². The van der Waals surface area contributed by atoms with Crippen LogP contribution >= 0.6 is 0 Å². The summed E-state index contributed by atoms with van der Waals surface area (Å²) in [4.78, 5) is 0. The van der Waals surface area contributed by atoms with E-state index in [2.05, 4.69) is 27.5 Å². The molecule has 0 saturated heterocycles. The molecular formula is C12H15FN4O. The van der Waals surface area contributed by atoms with Crippen molar-refractivity contribution >= 4 is 0 Å². The quantitative estimate of drug-likeness (QED) is 0.853. The summed E-state index contributed by atoms with van der Waals surface area (Å²) in [6.07, 6.45) is 1.91. The summed E-state index contributed by atoms with van der Waals surface area (Å²) >= 11 is 0. The molecule has 0 aliphatic heterocycles. The van der Waals surface area contributed by atoms with E-state index in [0.29, 0.717) is 23.4 Å². The number of H-pyrrole nitrogens is 1. The van der Waals surface area contributed by atoms with Crippen LogP contribution in [0.5, 0.6) is 0 Å². The maximum Gasteiger partial charge on any atom is 0.179 e. The largest absolute Gasteiger partial charge is 0.388 e. The van der Waals surface area contributed by atoms with Gasteiger partial charge in [0.2, 0.25) is 0 Å². The molecule has 0 unspecified atom stereocenters. The zero-order valence-corrected chi connectivity index (χ0v) is 10.1. The molecule has 96 valence electrons. The van der Waals surface area contributed by atoms with Crippen LogP contribution in [0.15, 0.2) is 18.2 Å². The molecule has 6 heteroatoms. The molecule has 1 aromatic carbocycles. The first kappa shape index (κ1) is 12.6. The van der Waals surface area contributed by atoms with Crippen LogP contribution < -0.4 is 0 Å². The van der Waals surface area contributed by atoms with Crippen molar-refractivity contribution in [1.29, 1.82) is 0 Å². The number of aliphatic hydroxyl groups is 1. The molecule has 0 fully saturated rings. The highest BCUT2D eigenvalue weighted by atomic mass is 19.1. The van der Waals surface area contributed by atoms with Crippen molar-refractivity contribution in [1.82, 2.24) is 20.6 Å². The van der Waals surface area contributed by atoms with Crippen molar-refractivity contribution in [2.24, 2.45) is 0 Å². The zero-order valence-electron chi connectivity index (χ0n) is 10.1. The second kappa shape index (κ2) is 5.68. The Balaban J connectivity index is 2.35. The van der Waals surface area contributed by atoms with Crippen LogP contribution in [0.25, 0.3) is 11.4 Å². The van der Waals surface area contributed by atoms with E-state index in [9.17, 15) is 9.50 Å². The summed E-state index contributed by atoms with van der Waals surface area (Å²) in [6.45, 7) is 2.05. The van der Waals surface area contributed by atoms with Crippen LogP contribution in [-0.2, 0) is 0 Å². The minimum Gasteiger partial charge on any atom is -0.388 e. The summed E-state index contributed by atoms with van der Waals surface area (Å²) in [5.74, 6) is -0.0205. The van der Waals surface area contributed by atoms with Crippen molar-refractivity contribution in [2.45, 2.75) is 32.3 Å². The first-order valence-corrected chi connectivity index (χ1v) is 5.94. The number of benzene rings is 1. The number of hydrogen-bond donors (Lipinski definition) is 2. The van der Waals surface area contributed by atoms with E-state index in [1.54, 1.807) is 6.07 Å². The zero-order chi connectivity index (χ0) is 13.0. The lowest BCUT2D eigenvalue weighted by atomic mass is 9.98. The minimum atomic E-state index is -0.634. The van der Waals surface area contributed by atoms with Crippen molar-refractivity contribution in [3.8, 4) is 11.4 Å². The average molecular weight is 250 g/mol. The number of nitrogens with one attached hydrogen (secondary N) is 1. The second-order valence-corrected chi connectivity index (χ2v) is 4.14. The van der Waals surface area contributed by atoms with Crippen molar-refractivity contribution in [3.63, 3.8) is 0 Å². The lowest BCUT2D eigenvalue weighted by molar-refractivity contribution is 0.164. The Kier molecular flexibility index (Phi) is 3.99. The van der Waals surface area contributed by atoms with Gasteiger partial charge in [0, 0.05) is 5.56 Å². The van der Waals surface area contributed by atoms with Gasteiger partial charge < -0.3 is 5.11 Å². The van der Waals surface area contributed by atoms with Gasteiger partial charge in [0.15, 0.2) is 5.82 Å². The maximum absolute atomic E-state index is 13.3. The first-order chi connectivity index (χ1) is 8.72. The number of tetrazole rings is 1. The molecular weight excluding hydrogens is 235 g/mol. The standard InChI is InChI=1S/C12H15FN4O/c1-2-3-4-11(18)9-6-5-8(13)7-10(9)12-14-16-17-15-12/h5-7,11,18H,2-4H2,1H3,(H,14,15,16,17)/t11-/m0/s1. The highest BCUT2D eigenvalue weighted by molar-refractivity contribution is 5.60. The number of aromatic amines is 1. The van der Waals surface area contributed by atoms with Gasteiger partial charge in [-0.1, -0.05) is 25.8 Å². The number of halogens is 1. The van der Waals surface area contributed by atoms with Gasteiger partial charge in [0.1, 0.15) is 5.82 Å². The Morgan fingerprint density at radius 2 is 2.28 bits per heavy atom. The van der Waals surface area contributed by atoms with E-state index in [1.807, 2.05) is 0 Å². The number of unbranched alkanes of at least 4 members (excludes halogenated alkanes) is 1. The SMILES string of the molecule is CCCC[C@H](O)c1ccc(F)cc1-c1nnn[nH]1. The molecule has 0 bridgehead atoms. The van der Waals surface area contributed by atoms with E-state index in [-0.39, 0.29) is 5.82 Å². The average Bonchev–Trinajstić information content (AvgIpc) is 2.89. The molecule has 0 aliphatic carbocycles. The lowest BCUT2D eigenvalue weighted by Gasteiger charge is -2.13. The third kappa shape index (κ3) is 2.70. The minimum absolute atomic E-state index is 0.361. The molecule has 0 saturated carbocycles. The summed E-state index contributed by atoms with van der Waals surface area (Å²) < 4.78 is 13.3. The van der Waals surface area contributed by atoms with Crippen LogP contribution in [0.2, 0.25) is 0 Å². The van der Waals surface area contributed by atoms with Crippen LogP contribution in [-0.4, -0.2) is 25.7 Å². The molecule has 1 aromatic heterocycles. The predicted octanol–water partition coefficient (Wildman–Crippen LogP) is 2.23. The van der Waals surface area contributed by atoms with Gasteiger partial charge in [0.25, 0.3) is 0 Å². The van der Waals surface area contributed by atoms with E-state index >= 15 is 0 Å². The molecule has 0 radical (unpaired) electrons. The molecule has 0 amide bonds. The van der Waals surface area contributed by atoms with Gasteiger partial charge >= 0.3 is 0 Å². The molecule has 2 N–H and O–H groups in total. The fourth-order valence-electron chi connectivity index (χ4n) is 1.85. The third-order valence-corrected chi connectivity index (χ3v) is 2.81. The lowest BCUT2D eigenvalue weighted by Crippen LogP contribution is -2.01. The summed E-state index contributed by atoms with van der Waals surface area (Å²) in [6, 6.07) is 4.23. The Morgan fingerprint density at radius 1 is 1.44 bits per heavy atom. The van der Waals surface area contributed by atoms with Crippen LogP contribution in [0.4, 0.5) is 4.39 Å². The maximum atomic E-state index is 13.3. The Morgan fingerprint density at radius 3 is 2.94 bits per heavy atom. The smallest absolute Gasteiger partial charge is 0.179 e. The first-order valence-electron chi connectivity index (χ1n) is 5.94. The third-order valence-electron chi connectivity index (χ3n) is 2.81. The summed E-state index contributed by atoms with van der Waals surface area (Å²) in [7, 11) is 0. The fraction of sp³-hybridized carbons (Fsp3) is 0.417. The van der Waals surface area contributed by atoms with Gasteiger partial charge in [-0.25, -0.2) is 9.49 Å². The predicted molar refractivity (Wildman–Crippen MR) is 64.1 cm³/mol. The van der Waals surface area contributed by atoms with Gasteiger partial charge in [-0.3, -0.25) is 0 Å². The highest BCUT2D eigenvalue weighted by Crippen LogP contribution is 2.29. The number of aliphatic hydroxyl groups excluding tert-OH is 1. The van der Waals surface area contributed by atoms with Crippen LogP contribution in [0, 0.1) is 5.82 Å². The molecule has 1 heterocycles. The fourth-order valence-corrected chi connectivity index (χ4v) is 1.85. The van der Waals surface area contributed by atoms with Crippen molar-refractivity contribution in [3.05, 3.63) is 29.6 Å². The summed E-state index contributed by atoms with van der Waals surface area (Å²) in [5, 5.41) is 23.4. The van der Waals surface area contributed by atoms with Crippen molar-refractivity contribution < 1.29 is 9.50 Å². The highest BCUT2D eigenvalue weighted by Gasteiger charge is 2.16. The molecule has 0 spiro atoms. The second-order valence-electron chi connectivity index (χ2n) is 4.14. The van der Waals surface area contributed by atoms with Crippen molar-refractivity contribution in [2.75, 3.05) is 0 Å². The van der Waals surface area contributed by atoms with E-state index in [0.717, 1.165) is 12.8 Å². The normalized spacial score (nSPS) is 12.6. The number of nitrogens with zero attached hydrogens (tertiary/aromatic N) is 3. The van der Waals surface area contributed by atoms with E-state index < -0.39 is 6.10 Å². The molecule has 1 atom stereocenters. The molecule has 5 nitrogen and oxygen atoms in total. The molecule has 2 aromatic rings. The van der Waals surface area contributed by atoms with E-state index in [1.165, 1.54) is 12.1 Å². The number of rotatable bonds is 5. The Hall–Kier alpha value is -1.82.